The van der Waals surface area contributed by atoms with Crippen molar-refractivity contribution < 1.29 is 18.7 Å². The van der Waals surface area contributed by atoms with E-state index in [4.69, 9.17) is 15.2 Å². The van der Waals surface area contributed by atoms with E-state index < -0.39 is 29.7 Å². The third-order valence-electron chi connectivity index (χ3n) is 3.31. The van der Waals surface area contributed by atoms with Gasteiger partial charge >= 0.3 is 11.7 Å². The lowest BCUT2D eigenvalue weighted by atomic mass is 10.2. The van der Waals surface area contributed by atoms with E-state index in [9.17, 15) is 14.0 Å². The Balaban J connectivity index is 2.03. The van der Waals surface area contributed by atoms with Crippen molar-refractivity contribution in [1.82, 2.24) is 9.55 Å². The number of esters is 1. The average Bonchev–Trinajstić information content (AvgIpc) is 2.82. The van der Waals surface area contributed by atoms with Crippen molar-refractivity contribution in [2.24, 2.45) is 0 Å². The number of ether oxygens (including phenoxy) is 2. The summed E-state index contributed by atoms with van der Waals surface area (Å²) in [5.74, 6) is -1.56. The first-order valence-electron chi connectivity index (χ1n) is 6.95. The number of nitrogens with zero attached hydrogens (tertiary/aromatic N) is 2. The zero-order valence-electron chi connectivity index (χ0n) is 12.1. The molecular weight excluding hydrogens is 313 g/mol. The number of carbonyl (C=O) groups excluding carboxylic acids is 1. The quantitative estimate of drug-likeness (QED) is 0.614. The van der Waals surface area contributed by atoms with E-state index in [0.29, 0.717) is 19.3 Å². The molecule has 1 aromatic rings. The van der Waals surface area contributed by atoms with Gasteiger partial charge in [-0.25, -0.2) is 9.18 Å². The predicted octanol–water partition coefficient (Wildman–Crippen LogP) is 0.894. The highest BCUT2D eigenvalue weighted by atomic mass is 32.1. The van der Waals surface area contributed by atoms with E-state index in [-0.39, 0.29) is 17.8 Å². The van der Waals surface area contributed by atoms with E-state index in [1.54, 1.807) is 0 Å². The van der Waals surface area contributed by atoms with Crippen molar-refractivity contribution in [2.45, 2.75) is 43.8 Å². The van der Waals surface area contributed by atoms with Crippen molar-refractivity contribution in [3.8, 4) is 0 Å². The Hall–Kier alpha value is -1.61. The number of hydrogen-bond donors (Lipinski definition) is 2. The highest BCUT2D eigenvalue weighted by Crippen LogP contribution is 2.31. The number of hydrogen-bond acceptors (Lipinski definition) is 7. The van der Waals surface area contributed by atoms with Crippen LogP contribution in [0.3, 0.4) is 0 Å². The zero-order chi connectivity index (χ0) is 16.3. The van der Waals surface area contributed by atoms with Gasteiger partial charge in [-0.1, -0.05) is 6.92 Å². The molecule has 22 heavy (non-hydrogen) atoms. The van der Waals surface area contributed by atoms with Gasteiger partial charge in [-0.3, -0.25) is 9.36 Å². The molecule has 122 valence electrons. The standard InChI is InChI=1S/C13H18FN3O4S/c1-2-3-11(18)20-6-8-9(22)4-10(21-8)17-5-7(14)12(15)16-13(17)19/h5,8-10,22H,2-4,6H2,1H3,(H2,15,16,19)/t8-,9?,10-/m1/s1. The molecule has 9 heteroatoms. The minimum absolute atomic E-state index is 0.0448. The summed E-state index contributed by atoms with van der Waals surface area (Å²) in [5.41, 5.74) is 4.54. The second kappa shape index (κ2) is 7.10. The SMILES string of the molecule is CCCC(=O)OC[C@H]1O[C@@H](n2cc(F)c(N)nc2=O)CC1S. The Morgan fingerprint density at radius 1 is 1.68 bits per heavy atom. The van der Waals surface area contributed by atoms with Crippen LogP contribution < -0.4 is 11.4 Å². The van der Waals surface area contributed by atoms with E-state index in [2.05, 4.69) is 17.6 Å². The third kappa shape index (κ3) is 3.77. The van der Waals surface area contributed by atoms with E-state index in [1.165, 1.54) is 0 Å². The maximum atomic E-state index is 13.5. The molecule has 1 saturated heterocycles. The maximum absolute atomic E-state index is 13.5. The molecule has 0 aromatic carbocycles. The topological polar surface area (TPSA) is 96.4 Å². The minimum Gasteiger partial charge on any atom is -0.463 e. The van der Waals surface area contributed by atoms with Crippen LogP contribution in [0, 0.1) is 5.82 Å². The Bertz CT molecular complexity index is 609. The molecule has 0 bridgehead atoms. The van der Waals surface area contributed by atoms with E-state index in [1.807, 2.05) is 6.92 Å². The molecule has 1 aliphatic heterocycles. The van der Waals surface area contributed by atoms with Gasteiger partial charge in [0, 0.05) is 18.1 Å². The summed E-state index contributed by atoms with van der Waals surface area (Å²) in [4.78, 5) is 26.5. The Labute approximate surface area is 132 Å². The van der Waals surface area contributed by atoms with Crippen molar-refractivity contribution in [3.63, 3.8) is 0 Å². The molecule has 0 aliphatic carbocycles. The van der Waals surface area contributed by atoms with Crippen LogP contribution in [-0.2, 0) is 14.3 Å². The molecule has 7 nitrogen and oxygen atoms in total. The number of nitrogen functional groups attached to an aromatic ring is 1. The van der Waals surface area contributed by atoms with Gasteiger partial charge in [-0.15, -0.1) is 0 Å². The predicted molar refractivity (Wildman–Crippen MR) is 80.0 cm³/mol. The van der Waals surface area contributed by atoms with Gasteiger partial charge in [0.05, 0.1) is 6.20 Å². The Morgan fingerprint density at radius 3 is 3.09 bits per heavy atom. The summed E-state index contributed by atoms with van der Waals surface area (Å²) in [6, 6.07) is 0. The van der Waals surface area contributed by atoms with E-state index >= 15 is 0 Å². The summed E-state index contributed by atoms with van der Waals surface area (Å²) < 4.78 is 25.2. The molecule has 3 atom stereocenters. The van der Waals surface area contributed by atoms with Gasteiger partial charge in [0.2, 0.25) is 0 Å². The molecule has 2 rings (SSSR count). The number of anilines is 1. The fourth-order valence-electron chi connectivity index (χ4n) is 2.15. The fourth-order valence-corrected chi connectivity index (χ4v) is 2.49. The van der Waals surface area contributed by atoms with Crippen LogP contribution in [0.15, 0.2) is 11.0 Å². The van der Waals surface area contributed by atoms with Gasteiger partial charge in [0.25, 0.3) is 0 Å². The van der Waals surface area contributed by atoms with E-state index in [0.717, 1.165) is 10.8 Å². The molecule has 1 aromatic heterocycles. The highest BCUT2D eigenvalue weighted by Gasteiger charge is 2.35. The molecule has 1 aliphatic rings. The lowest BCUT2D eigenvalue weighted by Gasteiger charge is -2.16. The van der Waals surface area contributed by atoms with Gasteiger partial charge in [-0.2, -0.15) is 17.6 Å². The zero-order valence-corrected chi connectivity index (χ0v) is 13.0. The third-order valence-corrected chi connectivity index (χ3v) is 3.85. The first kappa shape index (κ1) is 16.8. The number of halogens is 1. The molecule has 0 spiro atoms. The first-order chi connectivity index (χ1) is 10.4. The molecule has 2 heterocycles. The van der Waals surface area contributed by atoms with Gasteiger partial charge in [0.1, 0.15) is 18.9 Å². The van der Waals surface area contributed by atoms with Crippen LogP contribution in [0.4, 0.5) is 10.2 Å². The minimum atomic E-state index is -0.795. The molecule has 1 fully saturated rings. The molecule has 0 amide bonds. The summed E-state index contributed by atoms with van der Waals surface area (Å²) >= 11 is 4.36. The number of nitrogens with two attached hydrogens (primary N) is 1. The lowest BCUT2D eigenvalue weighted by Crippen LogP contribution is -2.29. The summed E-state index contributed by atoms with van der Waals surface area (Å²) in [6.07, 6.45) is 1.17. The molecule has 1 unspecified atom stereocenters. The second-order valence-corrected chi connectivity index (χ2v) is 5.69. The largest absolute Gasteiger partial charge is 0.463 e. The van der Waals surface area contributed by atoms with Crippen LogP contribution >= 0.6 is 12.6 Å². The van der Waals surface area contributed by atoms with Crippen LogP contribution in [0.25, 0.3) is 0 Å². The van der Waals surface area contributed by atoms with Crippen LogP contribution in [-0.4, -0.2) is 33.5 Å². The molecule has 0 saturated carbocycles. The summed E-state index contributed by atoms with van der Waals surface area (Å²) in [7, 11) is 0. The molecule has 0 radical (unpaired) electrons. The van der Waals surface area contributed by atoms with Crippen molar-refractivity contribution in [3.05, 3.63) is 22.5 Å². The van der Waals surface area contributed by atoms with Gasteiger partial charge in [0.15, 0.2) is 11.6 Å². The Morgan fingerprint density at radius 2 is 2.41 bits per heavy atom. The molecule has 2 N–H and O–H groups in total. The first-order valence-corrected chi connectivity index (χ1v) is 7.47. The van der Waals surface area contributed by atoms with Crippen molar-refractivity contribution in [1.29, 1.82) is 0 Å². The smallest absolute Gasteiger partial charge is 0.351 e. The lowest BCUT2D eigenvalue weighted by molar-refractivity contribution is -0.148. The number of thiol groups is 1. The molecular formula is C13H18FN3O4S. The fraction of sp³-hybridized carbons (Fsp3) is 0.615. The summed E-state index contributed by atoms with van der Waals surface area (Å²) in [5, 5.41) is -0.244. The van der Waals surface area contributed by atoms with Crippen LogP contribution in [0.2, 0.25) is 0 Å². The monoisotopic (exact) mass is 331 g/mol. The normalized spacial score (nSPS) is 24.4. The van der Waals surface area contributed by atoms with Gasteiger partial charge in [-0.05, 0) is 6.42 Å². The maximum Gasteiger partial charge on any atom is 0.351 e. The van der Waals surface area contributed by atoms with Crippen molar-refractivity contribution >= 4 is 24.4 Å². The number of rotatable bonds is 5. The van der Waals surface area contributed by atoms with Crippen LogP contribution in [0.1, 0.15) is 32.4 Å². The Kier molecular flexibility index (Phi) is 5.41. The number of carbonyl (C=O) groups is 1. The highest BCUT2D eigenvalue weighted by molar-refractivity contribution is 7.81. The van der Waals surface area contributed by atoms with Crippen molar-refractivity contribution in [2.75, 3.05) is 12.3 Å². The number of aromatic nitrogens is 2. The van der Waals surface area contributed by atoms with Gasteiger partial charge < -0.3 is 15.2 Å². The summed E-state index contributed by atoms with van der Waals surface area (Å²) in [6.45, 7) is 1.92. The van der Waals surface area contributed by atoms with Crippen LogP contribution in [0.5, 0.6) is 0 Å². The average molecular weight is 331 g/mol. The second-order valence-electron chi connectivity index (χ2n) is 5.03.